The van der Waals surface area contributed by atoms with Gasteiger partial charge in [0.1, 0.15) is 0 Å². The SMILES string of the molecule is CC(C)(C)Nc1cccc(NC(=O)c2cc(C(=O)Nc3cccc(N)c3)cc(C(=O)Nc3cccc(NC(C)(C)C)c3)c2)c1. The molecule has 4 aromatic carbocycles. The molecule has 7 N–H and O–H groups in total. The van der Waals surface area contributed by atoms with Crippen molar-refractivity contribution < 1.29 is 14.4 Å². The van der Waals surface area contributed by atoms with Gasteiger partial charge >= 0.3 is 0 Å². The Labute approximate surface area is 258 Å². The summed E-state index contributed by atoms with van der Waals surface area (Å²) in [6, 6.07) is 25.8. The zero-order valence-electron chi connectivity index (χ0n) is 26.0. The van der Waals surface area contributed by atoms with Crippen LogP contribution in [0.2, 0.25) is 0 Å². The molecule has 0 fully saturated rings. The fourth-order valence-electron chi connectivity index (χ4n) is 4.46. The number of carbonyl (C=O) groups is 3. The van der Waals surface area contributed by atoms with Crippen LogP contribution in [-0.2, 0) is 0 Å². The van der Waals surface area contributed by atoms with Crippen LogP contribution in [0.15, 0.2) is 91.0 Å². The molecule has 9 heteroatoms. The van der Waals surface area contributed by atoms with Gasteiger partial charge in [0, 0.05) is 61.9 Å². The van der Waals surface area contributed by atoms with Gasteiger partial charge in [0.25, 0.3) is 17.7 Å². The number of hydrogen-bond donors (Lipinski definition) is 6. The van der Waals surface area contributed by atoms with Gasteiger partial charge in [-0.25, -0.2) is 0 Å². The summed E-state index contributed by atoms with van der Waals surface area (Å²) in [6.07, 6.45) is 0. The van der Waals surface area contributed by atoms with Crippen molar-refractivity contribution in [2.24, 2.45) is 0 Å². The number of carbonyl (C=O) groups excluding carboxylic acids is 3. The van der Waals surface area contributed by atoms with Crippen LogP contribution in [0.5, 0.6) is 0 Å². The van der Waals surface area contributed by atoms with Crippen LogP contribution in [0.3, 0.4) is 0 Å². The predicted molar refractivity (Wildman–Crippen MR) is 181 cm³/mol. The monoisotopic (exact) mass is 592 g/mol. The maximum atomic E-state index is 13.5. The highest BCUT2D eigenvalue weighted by atomic mass is 16.2. The molecule has 9 nitrogen and oxygen atoms in total. The first-order valence-electron chi connectivity index (χ1n) is 14.3. The number of rotatable bonds is 8. The Morgan fingerprint density at radius 3 is 1.14 bits per heavy atom. The molecule has 0 aliphatic heterocycles. The summed E-state index contributed by atoms with van der Waals surface area (Å²) in [6.45, 7) is 12.3. The van der Waals surface area contributed by atoms with Gasteiger partial charge in [-0.15, -0.1) is 0 Å². The van der Waals surface area contributed by atoms with Gasteiger partial charge in [-0.2, -0.15) is 0 Å². The maximum Gasteiger partial charge on any atom is 0.255 e. The first-order valence-corrected chi connectivity index (χ1v) is 14.3. The van der Waals surface area contributed by atoms with Gasteiger partial charge in [-0.05, 0) is 114 Å². The quantitative estimate of drug-likeness (QED) is 0.118. The van der Waals surface area contributed by atoms with Crippen molar-refractivity contribution in [3.05, 3.63) is 108 Å². The number of amides is 3. The Morgan fingerprint density at radius 1 is 0.477 bits per heavy atom. The molecule has 44 heavy (non-hydrogen) atoms. The van der Waals surface area contributed by atoms with E-state index in [0.29, 0.717) is 22.7 Å². The van der Waals surface area contributed by atoms with E-state index in [4.69, 9.17) is 5.73 Å². The van der Waals surface area contributed by atoms with Crippen molar-refractivity contribution in [1.82, 2.24) is 0 Å². The van der Waals surface area contributed by atoms with Crippen LogP contribution in [0.4, 0.5) is 34.1 Å². The second kappa shape index (κ2) is 12.9. The van der Waals surface area contributed by atoms with Crippen LogP contribution in [0.1, 0.15) is 72.6 Å². The average molecular weight is 593 g/mol. The molecule has 0 aliphatic carbocycles. The van der Waals surface area contributed by atoms with Crippen molar-refractivity contribution in [3.63, 3.8) is 0 Å². The van der Waals surface area contributed by atoms with Crippen molar-refractivity contribution in [2.75, 3.05) is 32.3 Å². The Balaban J connectivity index is 1.64. The lowest BCUT2D eigenvalue weighted by atomic mass is 10.0. The summed E-state index contributed by atoms with van der Waals surface area (Å²) in [5.41, 5.74) is 9.75. The van der Waals surface area contributed by atoms with Crippen LogP contribution < -0.4 is 32.3 Å². The fraction of sp³-hybridized carbons (Fsp3) is 0.229. The van der Waals surface area contributed by atoms with Gasteiger partial charge in [-0.1, -0.05) is 18.2 Å². The number of anilines is 6. The predicted octanol–water partition coefficient (Wildman–Crippen LogP) is 7.45. The minimum atomic E-state index is -0.493. The van der Waals surface area contributed by atoms with E-state index in [1.54, 1.807) is 36.4 Å². The second-order valence-electron chi connectivity index (χ2n) is 12.7. The molecule has 0 unspecified atom stereocenters. The summed E-state index contributed by atoms with van der Waals surface area (Å²) in [4.78, 5) is 40.3. The Kier molecular flexibility index (Phi) is 9.28. The third kappa shape index (κ3) is 9.35. The number of nitrogen functional groups attached to an aromatic ring is 1. The van der Waals surface area contributed by atoms with E-state index in [0.717, 1.165) is 11.4 Å². The molecule has 0 aromatic heterocycles. The third-order valence-electron chi connectivity index (χ3n) is 6.14. The van der Waals surface area contributed by atoms with E-state index in [1.807, 2.05) is 77.9 Å². The minimum absolute atomic E-state index is 0.136. The Morgan fingerprint density at radius 2 is 0.795 bits per heavy atom. The Bertz CT molecular complexity index is 1590. The van der Waals surface area contributed by atoms with E-state index >= 15 is 0 Å². The Hall–Kier alpha value is -5.31. The molecule has 0 spiro atoms. The van der Waals surface area contributed by atoms with Crippen molar-refractivity contribution in [2.45, 2.75) is 52.6 Å². The first kappa shape index (κ1) is 31.6. The van der Waals surface area contributed by atoms with Crippen molar-refractivity contribution >= 4 is 51.8 Å². The molecule has 4 aromatic rings. The maximum absolute atomic E-state index is 13.5. The number of nitrogens with two attached hydrogens (primary N) is 1. The molecule has 0 aliphatic rings. The highest BCUT2D eigenvalue weighted by molar-refractivity contribution is 6.13. The lowest BCUT2D eigenvalue weighted by Crippen LogP contribution is -2.26. The molecular formula is C35H40N6O3. The highest BCUT2D eigenvalue weighted by Gasteiger charge is 2.18. The summed E-state index contributed by atoms with van der Waals surface area (Å²) in [5.74, 6) is -1.43. The van der Waals surface area contributed by atoms with Crippen LogP contribution in [0.25, 0.3) is 0 Å². The molecule has 3 amide bonds. The molecule has 4 rings (SSSR count). The third-order valence-corrected chi connectivity index (χ3v) is 6.14. The molecule has 0 heterocycles. The van der Waals surface area contributed by atoms with Crippen LogP contribution >= 0.6 is 0 Å². The topological polar surface area (TPSA) is 137 Å². The van der Waals surface area contributed by atoms with E-state index in [-0.39, 0.29) is 27.8 Å². The molecule has 0 saturated heterocycles. The molecule has 0 saturated carbocycles. The lowest BCUT2D eigenvalue weighted by molar-refractivity contribution is 0.102. The lowest BCUT2D eigenvalue weighted by Gasteiger charge is -2.22. The van der Waals surface area contributed by atoms with Crippen molar-refractivity contribution in [1.29, 1.82) is 0 Å². The van der Waals surface area contributed by atoms with Gasteiger partial charge in [0.15, 0.2) is 0 Å². The van der Waals surface area contributed by atoms with E-state index in [9.17, 15) is 14.4 Å². The number of nitrogens with one attached hydrogen (secondary N) is 5. The molecule has 0 bridgehead atoms. The molecular weight excluding hydrogens is 552 g/mol. The molecule has 0 radical (unpaired) electrons. The zero-order chi connectivity index (χ0) is 32.1. The summed E-state index contributed by atoms with van der Waals surface area (Å²) in [7, 11) is 0. The summed E-state index contributed by atoms with van der Waals surface area (Å²) in [5, 5.41) is 15.3. The molecule has 0 atom stereocenters. The average Bonchev–Trinajstić information content (AvgIpc) is 2.91. The smallest absolute Gasteiger partial charge is 0.255 e. The largest absolute Gasteiger partial charge is 0.399 e. The van der Waals surface area contributed by atoms with E-state index < -0.39 is 17.7 Å². The van der Waals surface area contributed by atoms with Crippen molar-refractivity contribution in [3.8, 4) is 0 Å². The fourth-order valence-corrected chi connectivity index (χ4v) is 4.46. The van der Waals surface area contributed by atoms with Gasteiger partial charge < -0.3 is 32.3 Å². The summed E-state index contributed by atoms with van der Waals surface area (Å²) < 4.78 is 0. The standard InChI is InChI=1S/C35H40N6O3/c1-34(2,3)40-29-14-8-12-27(20-29)38-32(43)23-16-22(31(42)37-26-11-7-10-25(36)19-26)17-24(18-23)33(44)39-28-13-9-15-30(21-28)41-35(4,5)6/h7-21,40-41H,36H2,1-6H3,(H,37,42)(H,38,43)(H,39,44). The zero-order valence-corrected chi connectivity index (χ0v) is 26.0. The number of hydrogen-bond acceptors (Lipinski definition) is 6. The van der Waals surface area contributed by atoms with Gasteiger partial charge in [-0.3, -0.25) is 14.4 Å². The van der Waals surface area contributed by atoms with E-state index in [1.165, 1.54) is 18.2 Å². The van der Waals surface area contributed by atoms with E-state index in [2.05, 4.69) is 26.6 Å². The molecule has 228 valence electrons. The highest BCUT2D eigenvalue weighted by Crippen LogP contribution is 2.23. The van der Waals surface area contributed by atoms with Crippen LogP contribution in [0, 0.1) is 0 Å². The second-order valence-corrected chi connectivity index (χ2v) is 12.7. The summed E-state index contributed by atoms with van der Waals surface area (Å²) >= 11 is 0. The normalized spacial score (nSPS) is 11.3. The van der Waals surface area contributed by atoms with Crippen LogP contribution in [-0.4, -0.2) is 28.8 Å². The minimum Gasteiger partial charge on any atom is -0.399 e. The number of benzene rings is 4. The van der Waals surface area contributed by atoms with Gasteiger partial charge in [0.2, 0.25) is 0 Å². The first-order chi connectivity index (χ1) is 20.6. The van der Waals surface area contributed by atoms with Gasteiger partial charge in [0.05, 0.1) is 0 Å².